The van der Waals surface area contributed by atoms with Crippen LogP contribution in [-0.4, -0.2) is 69.4 Å². The van der Waals surface area contributed by atoms with Gasteiger partial charge >= 0.3 is 10.2 Å². The van der Waals surface area contributed by atoms with Gasteiger partial charge in [-0.25, -0.2) is 4.72 Å². The molecule has 1 fully saturated rings. The van der Waals surface area contributed by atoms with E-state index in [1.54, 1.807) is 11.8 Å². The van der Waals surface area contributed by atoms with Crippen LogP contribution in [0.15, 0.2) is 25.9 Å². The van der Waals surface area contributed by atoms with Crippen molar-refractivity contribution in [3.63, 3.8) is 0 Å². The van der Waals surface area contributed by atoms with E-state index in [-0.39, 0.29) is 0 Å². The summed E-state index contributed by atoms with van der Waals surface area (Å²) in [5.74, 6) is 4.23. The van der Waals surface area contributed by atoms with E-state index in [2.05, 4.69) is 19.0 Å². The van der Waals surface area contributed by atoms with Gasteiger partial charge in [0, 0.05) is 18.8 Å². The highest BCUT2D eigenvalue weighted by Crippen LogP contribution is 2.25. The maximum absolute atomic E-state index is 11.8. The molecule has 0 spiro atoms. The Hall–Kier alpha value is -1.52. The lowest BCUT2D eigenvalue weighted by atomic mass is 9.92. The first-order chi connectivity index (χ1) is 12.8. The first kappa shape index (κ1) is 20.2. The lowest BCUT2D eigenvalue weighted by Gasteiger charge is -2.35. The van der Waals surface area contributed by atoms with E-state index in [0.29, 0.717) is 24.3 Å². The van der Waals surface area contributed by atoms with Gasteiger partial charge in [-0.15, -0.1) is 4.40 Å². The van der Waals surface area contributed by atoms with Crippen LogP contribution in [0.5, 0.6) is 0 Å². The molecule has 1 aromatic heterocycles. The minimum atomic E-state index is -3.66. The predicted molar refractivity (Wildman–Crippen MR) is 109 cm³/mol. The van der Waals surface area contributed by atoms with Crippen LogP contribution in [0.25, 0.3) is 0 Å². The van der Waals surface area contributed by atoms with Crippen molar-refractivity contribution in [1.82, 2.24) is 14.5 Å². The molecule has 27 heavy (non-hydrogen) atoms. The lowest BCUT2D eigenvalue weighted by Crippen LogP contribution is -2.45. The molecule has 150 valence electrons. The summed E-state index contributed by atoms with van der Waals surface area (Å²) in [6, 6.07) is 4.36. The van der Waals surface area contributed by atoms with Crippen LogP contribution in [0.4, 0.5) is 0 Å². The summed E-state index contributed by atoms with van der Waals surface area (Å²) in [6.45, 7) is 1.31. The molecule has 1 aliphatic heterocycles. The van der Waals surface area contributed by atoms with Crippen molar-refractivity contribution in [2.24, 2.45) is 9.39 Å². The molecule has 0 saturated heterocycles. The van der Waals surface area contributed by atoms with Crippen LogP contribution in [0.2, 0.25) is 0 Å². The van der Waals surface area contributed by atoms with Gasteiger partial charge in [-0.2, -0.15) is 20.2 Å². The van der Waals surface area contributed by atoms with Crippen molar-refractivity contribution >= 4 is 33.6 Å². The summed E-state index contributed by atoms with van der Waals surface area (Å²) in [4.78, 5) is 8.43. The second kappa shape index (κ2) is 8.66. The minimum absolute atomic E-state index is 0.355. The topological polar surface area (TPSA) is 90.5 Å². The normalized spacial score (nSPS) is 20.6. The van der Waals surface area contributed by atoms with Crippen LogP contribution in [0, 0.1) is 0 Å². The van der Waals surface area contributed by atoms with E-state index in [9.17, 15) is 8.42 Å². The fourth-order valence-electron chi connectivity index (χ4n) is 2.92. The summed E-state index contributed by atoms with van der Waals surface area (Å²) in [5.41, 5.74) is 0. The van der Waals surface area contributed by atoms with Crippen molar-refractivity contribution in [2.75, 3.05) is 33.4 Å². The number of hydrogen-bond acceptors (Lipinski definition) is 7. The number of likely N-dealkylation sites (N-methyl/N-ethyl adjacent to an activating group) is 1. The molecule has 0 unspecified atom stereocenters. The molecule has 2 heterocycles. The highest BCUT2D eigenvalue weighted by atomic mass is 32.2. The van der Waals surface area contributed by atoms with Gasteiger partial charge in [-0.1, -0.05) is 0 Å². The average Bonchev–Trinajstić information content (AvgIpc) is 3.08. The maximum Gasteiger partial charge on any atom is 0.345 e. The van der Waals surface area contributed by atoms with Crippen molar-refractivity contribution < 1.29 is 12.8 Å². The molecule has 2 aliphatic rings. The van der Waals surface area contributed by atoms with Gasteiger partial charge in [0.05, 0.1) is 18.8 Å². The Morgan fingerprint density at radius 3 is 2.70 bits per heavy atom. The van der Waals surface area contributed by atoms with Crippen LogP contribution >= 0.6 is 11.8 Å². The molecule has 1 saturated carbocycles. The fraction of sp³-hybridized carbons (Fsp3) is 0.647. The molecular weight excluding hydrogens is 386 g/mol. The second-order valence-corrected chi connectivity index (χ2v) is 9.52. The molecule has 1 aliphatic carbocycles. The third-order valence-electron chi connectivity index (χ3n) is 4.54. The highest BCUT2D eigenvalue weighted by Gasteiger charge is 2.33. The maximum atomic E-state index is 11.8. The molecule has 8 nitrogen and oxygen atoms in total. The molecule has 3 rings (SSSR count). The Balaban J connectivity index is 1.48. The van der Waals surface area contributed by atoms with E-state index >= 15 is 0 Å². The average molecular weight is 414 g/mol. The summed E-state index contributed by atoms with van der Waals surface area (Å²) >= 11 is 1.71. The molecule has 1 N–H and O–H groups in total. The number of rotatable bonds is 8. The Kier molecular flexibility index (Phi) is 6.48. The van der Waals surface area contributed by atoms with E-state index in [1.165, 1.54) is 6.42 Å². The second-order valence-electron chi connectivity index (χ2n) is 7.08. The van der Waals surface area contributed by atoms with Crippen LogP contribution < -0.4 is 4.72 Å². The largest absolute Gasteiger partial charge is 0.464 e. The van der Waals surface area contributed by atoms with Gasteiger partial charge in [0.15, 0.2) is 11.7 Å². The van der Waals surface area contributed by atoms with E-state index in [0.717, 1.165) is 42.4 Å². The van der Waals surface area contributed by atoms with E-state index < -0.39 is 10.2 Å². The Bertz CT molecular complexity index is 812. The highest BCUT2D eigenvalue weighted by molar-refractivity contribution is 7.98. The third-order valence-corrected chi connectivity index (χ3v) is 6.36. The quantitative estimate of drug-likeness (QED) is 0.653. The molecule has 1 aromatic rings. The van der Waals surface area contributed by atoms with Crippen molar-refractivity contribution in [2.45, 2.75) is 37.6 Å². The minimum Gasteiger partial charge on any atom is -0.464 e. The van der Waals surface area contributed by atoms with Gasteiger partial charge < -0.3 is 14.2 Å². The number of furan rings is 1. The van der Waals surface area contributed by atoms with Crippen molar-refractivity contribution in [1.29, 1.82) is 0 Å². The number of amidine groups is 2. The molecule has 0 amide bonds. The molecule has 0 radical (unpaired) electrons. The van der Waals surface area contributed by atoms with E-state index in [4.69, 9.17) is 4.42 Å². The Labute approximate surface area is 165 Å². The summed E-state index contributed by atoms with van der Waals surface area (Å²) in [5, 5.41) is 0. The van der Waals surface area contributed by atoms with Gasteiger partial charge in [0.2, 0.25) is 0 Å². The predicted octanol–water partition coefficient (Wildman–Crippen LogP) is 1.70. The van der Waals surface area contributed by atoms with Crippen LogP contribution in [-0.2, 0) is 22.5 Å². The molecule has 0 atom stereocenters. The van der Waals surface area contributed by atoms with Crippen LogP contribution in [0.1, 0.15) is 30.8 Å². The zero-order valence-corrected chi connectivity index (χ0v) is 17.6. The zero-order chi connectivity index (χ0) is 19.4. The molecule has 0 bridgehead atoms. The number of nitrogens with zero attached hydrogens (tertiary/aromatic N) is 4. The zero-order valence-electron chi connectivity index (χ0n) is 16.0. The monoisotopic (exact) mass is 413 g/mol. The first-order valence-corrected chi connectivity index (χ1v) is 11.6. The SMILES string of the molecule is CN(C)Cc1ccc(CSCCN=C2NS(=O)(=O)N=C2N(C)C2CCC2)o1. The van der Waals surface area contributed by atoms with Gasteiger partial charge in [-0.05, 0) is 45.5 Å². The summed E-state index contributed by atoms with van der Waals surface area (Å²) < 4.78 is 35.7. The Morgan fingerprint density at radius 1 is 1.30 bits per heavy atom. The van der Waals surface area contributed by atoms with Crippen molar-refractivity contribution in [3.8, 4) is 0 Å². The number of thioether (sulfide) groups is 1. The smallest absolute Gasteiger partial charge is 0.345 e. The third kappa shape index (κ3) is 5.49. The van der Waals surface area contributed by atoms with Crippen molar-refractivity contribution in [3.05, 3.63) is 23.7 Å². The number of hydrogen-bond donors (Lipinski definition) is 1. The Morgan fingerprint density at radius 2 is 2.04 bits per heavy atom. The lowest BCUT2D eigenvalue weighted by molar-refractivity contribution is 0.243. The van der Waals surface area contributed by atoms with E-state index in [1.807, 2.05) is 38.2 Å². The molecular formula is C17H27N5O3S2. The fourth-order valence-corrected chi connectivity index (χ4v) is 4.53. The molecule has 10 heteroatoms. The number of aliphatic imine (C=N–C) groups is 1. The van der Waals surface area contributed by atoms with Crippen LogP contribution in [0.3, 0.4) is 0 Å². The summed E-state index contributed by atoms with van der Waals surface area (Å²) in [6.07, 6.45) is 3.31. The standard InChI is InChI=1S/C17H27N5O3S2/c1-21(2)11-14-7-8-15(25-14)12-26-10-9-18-16-17(20-27(23,24)19-16)22(3)13-5-4-6-13/h7-8,13H,4-6,9-12H2,1-3H3,(H,18,19). The first-order valence-electron chi connectivity index (χ1n) is 9.04. The van der Waals surface area contributed by atoms with Gasteiger partial charge in [0.25, 0.3) is 0 Å². The molecule has 0 aromatic carbocycles. The van der Waals surface area contributed by atoms with Gasteiger partial charge in [-0.3, -0.25) is 4.99 Å². The number of nitrogens with one attached hydrogen (secondary N) is 1. The summed E-state index contributed by atoms with van der Waals surface area (Å²) in [7, 11) is 2.24. The van der Waals surface area contributed by atoms with Gasteiger partial charge in [0.1, 0.15) is 11.5 Å².